The Kier molecular flexibility index (Phi) is 39.0. The van der Waals surface area contributed by atoms with Crippen molar-refractivity contribution < 1.29 is 44.9 Å². The van der Waals surface area contributed by atoms with Crippen molar-refractivity contribution in [3.8, 4) is 0 Å². The third kappa shape index (κ3) is 31.1. The number of rotatable bonds is 44. The predicted molar refractivity (Wildman–Crippen MR) is 246 cm³/mol. The molecule has 10 heteroatoms. The molecule has 0 aliphatic carbocycles. The summed E-state index contributed by atoms with van der Waals surface area (Å²) in [6.07, 6.45) is 35.4. The Morgan fingerprint density at radius 1 is 0.517 bits per heavy atom. The smallest absolute Gasteiger partial charge is 0.220 e. The third-order valence-corrected chi connectivity index (χ3v) is 12.8. The number of aliphatic hydroxyl groups is 6. The molecule has 1 amide bonds. The van der Waals surface area contributed by atoms with Crippen molar-refractivity contribution in [2.24, 2.45) is 0 Å². The van der Waals surface area contributed by atoms with Crippen LogP contribution in [0.3, 0.4) is 0 Å². The minimum absolute atomic E-state index is 0.203. The van der Waals surface area contributed by atoms with Crippen molar-refractivity contribution in [2.75, 3.05) is 13.2 Å². The van der Waals surface area contributed by atoms with Crippen LogP contribution >= 0.6 is 0 Å². The van der Waals surface area contributed by atoms with E-state index < -0.39 is 55.6 Å². The van der Waals surface area contributed by atoms with Gasteiger partial charge in [-0.3, -0.25) is 4.79 Å². The summed E-state index contributed by atoms with van der Waals surface area (Å²) < 4.78 is 11.2. The fraction of sp³-hybridized carbons (Fsp3) is 0.980. The molecule has 358 valence electrons. The van der Waals surface area contributed by atoms with E-state index >= 15 is 0 Å². The molecule has 0 saturated carbocycles. The number of hydrogen-bond donors (Lipinski definition) is 7. The van der Waals surface area contributed by atoms with Gasteiger partial charge >= 0.3 is 0 Å². The van der Waals surface area contributed by atoms with Crippen molar-refractivity contribution in [2.45, 2.75) is 300 Å². The van der Waals surface area contributed by atoms with Crippen LogP contribution in [0.4, 0.5) is 0 Å². The monoisotopic (exact) mass is 858 g/mol. The largest absolute Gasteiger partial charge is 0.394 e. The Morgan fingerprint density at radius 2 is 0.900 bits per heavy atom. The first-order valence-electron chi connectivity index (χ1n) is 25.8. The normalized spacial score (nSPS) is 21.0. The quantitative estimate of drug-likeness (QED) is 0.0295. The van der Waals surface area contributed by atoms with Crippen LogP contribution in [0.1, 0.15) is 251 Å². The predicted octanol–water partition coefficient (Wildman–Crippen LogP) is 10.5. The number of nitrogens with one attached hydrogen (secondary N) is 1. The van der Waals surface area contributed by atoms with E-state index in [9.17, 15) is 35.4 Å². The molecular weight excluding hydrogens is 759 g/mol. The minimum Gasteiger partial charge on any atom is -0.394 e. The number of amides is 1. The molecule has 7 N–H and O–H groups in total. The van der Waals surface area contributed by atoms with Crippen molar-refractivity contribution >= 4 is 5.91 Å². The van der Waals surface area contributed by atoms with Gasteiger partial charge in [0, 0.05) is 6.42 Å². The van der Waals surface area contributed by atoms with E-state index in [1.807, 2.05) is 0 Å². The van der Waals surface area contributed by atoms with Gasteiger partial charge in [0.05, 0.1) is 31.5 Å². The fourth-order valence-electron chi connectivity index (χ4n) is 8.58. The number of ether oxygens (including phenoxy) is 2. The molecule has 1 heterocycles. The first-order valence-corrected chi connectivity index (χ1v) is 25.8. The van der Waals surface area contributed by atoms with Crippen LogP contribution in [0.15, 0.2) is 0 Å². The summed E-state index contributed by atoms with van der Waals surface area (Å²) in [4.78, 5) is 13.0. The Labute approximate surface area is 368 Å². The minimum atomic E-state index is -1.58. The summed E-state index contributed by atoms with van der Waals surface area (Å²) in [5.74, 6) is -0.203. The number of carbonyl (C=O) groups excluding carboxylic acids is 1. The van der Waals surface area contributed by atoms with Crippen LogP contribution < -0.4 is 5.32 Å². The van der Waals surface area contributed by atoms with Crippen LogP contribution in [0.2, 0.25) is 0 Å². The average Bonchev–Trinajstić information content (AvgIpc) is 3.24. The number of unbranched alkanes of at least 4 members (excludes halogenated alkanes) is 31. The molecule has 0 bridgehead atoms. The lowest BCUT2D eigenvalue weighted by molar-refractivity contribution is -0.302. The number of aliphatic hydroxyl groups excluding tert-OH is 6. The summed E-state index contributed by atoms with van der Waals surface area (Å²) >= 11 is 0. The maximum absolute atomic E-state index is 13.0. The van der Waals surface area contributed by atoms with Crippen LogP contribution in [0, 0.1) is 0 Å². The van der Waals surface area contributed by atoms with E-state index in [-0.39, 0.29) is 18.9 Å². The lowest BCUT2D eigenvalue weighted by atomic mass is 9.99. The lowest BCUT2D eigenvalue weighted by Crippen LogP contribution is -2.60. The molecule has 1 fully saturated rings. The zero-order valence-electron chi connectivity index (χ0n) is 39.1. The van der Waals surface area contributed by atoms with Gasteiger partial charge in [0.15, 0.2) is 6.29 Å². The number of hydrogen-bond acceptors (Lipinski definition) is 9. The molecule has 0 spiro atoms. The van der Waals surface area contributed by atoms with Crippen molar-refractivity contribution in [3.63, 3.8) is 0 Å². The van der Waals surface area contributed by atoms with Gasteiger partial charge in [-0.1, -0.05) is 219 Å². The Bertz CT molecular complexity index is 926. The van der Waals surface area contributed by atoms with Crippen LogP contribution in [-0.2, 0) is 14.3 Å². The maximum atomic E-state index is 13.0. The van der Waals surface area contributed by atoms with Crippen LogP contribution in [-0.4, -0.2) is 98.7 Å². The van der Waals surface area contributed by atoms with Gasteiger partial charge in [0.1, 0.15) is 24.4 Å². The summed E-state index contributed by atoms with van der Waals surface area (Å²) in [5, 5.41) is 65.0. The highest BCUT2D eigenvalue weighted by Gasteiger charge is 2.44. The fourth-order valence-corrected chi connectivity index (χ4v) is 8.58. The zero-order valence-corrected chi connectivity index (χ0v) is 39.1. The van der Waals surface area contributed by atoms with E-state index in [1.165, 1.54) is 180 Å². The second kappa shape index (κ2) is 40.9. The first kappa shape index (κ1) is 57.2. The average molecular weight is 858 g/mol. The molecular formula is C50H99NO9. The summed E-state index contributed by atoms with van der Waals surface area (Å²) in [6, 6.07) is -0.834. The van der Waals surface area contributed by atoms with E-state index in [0.717, 1.165) is 32.1 Å². The summed E-state index contributed by atoms with van der Waals surface area (Å²) in [6.45, 7) is 3.72. The molecule has 10 nitrogen and oxygen atoms in total. The molecule has 0 radical (unpaired) electrons. The van der Waals surface area contributed by atoms with Gasteiger partial charge in [-0.05, 0) is 25.7 Å². The van der Waals surface area contributed by atoms with Crippen LogP contribution in [0.5, 0.6) is 0 Å². The Balaban J connectivity index is 2.26. The van der Waals surface area contributed by atoms with Gasteiger partial charge in [-0.15, -0.1) is 0 Å². The van der Waals surface area contributed by atoms with Gasteiger partial charge in [-0.25, -0.2) is 0 Å². The molecule has 60 heavy (non-hydrogen) atoms. The second-order valence-corrected chi connectivity index (χ2v) is 18.5. The molecule has 8 atom stereocenters. The van der Waals surface area contributed by atoms with Gasteiger partial charge < -0.3 is 45.4 Å². The molecule has 1 saturated heterocycles. The Hall–Kier alpha value is -0.850. The van der Waals surface area contributed by atoms with Gasteiger partial charge in [-0.2, -0.15) is 0 Å². The second-order valence-electron chi connectivity index (χ2n) is 18.5. The molecule has 0 aromatic rings. The SMILES string of the molecule is CCCCCCCCCCCCCCCCCCCCCCCCCC(=O)N[C@@H](CO[C@H]1O[C@H](CO)[C@H](O)[C@H](O)[C@H]1O)[C@H](O)CC[C@@H](O)CCCCCCCCCCCC. The summed E-state index contributed by atoms with van der Waals surface area (Å²) in [5.41, 5.74) is 0. The van der Waals surface area contributed by atoms with E-state index in [4.69, 9.17) is 9.47 Å². The van der Waals surface area contributed by atoms with Crippen molar-refractivity contribution in [3.05, 3.63) is 0 Å². The van der Waals surface area contributed by atoms with Crippen LogP contribution in [0.25, 0.3) is 0 Å². The number of carbonyl (C=O) groups is 1. The third-order valence-electron chi connectivity index (χ3n) is 12.8. The highest BCUT2D eigenvalue weighted by atomic mass is 16.7. The summed E-state index contributed by atoms with van der Waals surface area (Å²) in [7, 11) is 0. The zero-order chi connectivity index (χ0) is 43.9. The molecule has 1 rings (SSSR count). The van der Waals surface area contributed by atoms with Gasteiger partial charge in [0.25, 0.3) is 0 Å². The highest BCUT2D eigenvalue weighted by molar-refractivity contribution is 5.76. The maximum Gasteiger partial charge on any atom is 0.220 e. The molecule has 1 aliphatic rings. The molecule has 0 unspecified atom stereocenters. The molecule has 1 aliphatic heterocycles. The van der Waals surface area contributed by atoms with E-state index in [1.54, 1.807) is 0 Å². The van der Waals surface area contributed by atoms with Gasteiger partial charge in [0.2, 0.25) is 5.91 Å². The van der Waals surface area contributed by atoms with Crippen molar-refractivity contribution in [1.29, 1.82) is 0 Å². The van der Waals surface area contributed by atoms with E-state index in [0.29, 0.717) is 19.3 Å². The first-order chi connectivity index (χ1) is 29.2. The lowest BCUT2D eigenvalue weighted by Gasteiger charge is -2.40. The molecule has 0 aromatic heterocycles. The van der Waals surface area contributed by atoms with E-state index in [2.05, 4.69) is 19.2 Å². The standard InChI is InChI=1S/C50H99NO9/c1-3-5-7-9-11-13-15-16-17-18-19-20-21-22-23-24-25-26-27-29-31-33-35-37-46(55)51-43(41-59-50-49(58)48(57)47(56)45(40-52)60-50)44(54)39-38-42(53)36-34-32-30-28-14-12-10-8-6-4-2/h42-45,47-50,52-54,56-58H,3-41H2,1-2H3,(H,51,55)/t42-,43-,44+,45+,47-,48-,49+,50-/m0/s1. The topological polar surface area (TPSA) is 169 Å². The Morgan fingerprint density at radius 3 is 1.30 bits per heavy atom. The highest BCUT2D eigenvalue weighted by Crippen LogP contribution is 2.23. The molecule has 0 aromatic carbocycles. The van der Waals surface area contributed by atoms with Crippen molar-refractivity contribution in [1.82, 2.24) is 5.32 Å².